The van der Waals surface area contributed by atoms with Crippen molar-refractivity contribution in [2.24, 2.45) is 0 Å². The molecule has 2 aromatic heterocycles. The molecule has 12 nitrogen and oxygen atoms in total. The Kier molecular flexibility index (Phi) is 7.57. The predicted molar refractivity (Wildman–Crippen MR) is 112 cm³/mol. The van der Waals surface area contributed by atoms with E-state index in [1.54, 1.807) is 26.4 Å². The van der Waals surface area contributed by atoms with E-state index in [1.165, 1.54) is 6.20 Å². The summed E-state index contributed by atoms with van der Waals surface area (Å²) in [4.78, 5) is 29.1. The number of nitrogens with zero attached hydrogens (tertiary/aromatic N) is 2. The lowest BCUT2D eigenvalue weighted by Gasteiger charge is -2.22. The standard InChI is InChI=1S/C17H20N6O4.C2HF3O2/c1-25-12-5-9-10(6-13(12)26-2)21-16(20-9)15-11(7-19-23-15)22-17(24)14-8-18-3-4-27-14;3-2(4,5)1(6)7/h5-7,14,18H,3-4,8H2,1-2H3,(H,19,23)(H,20,21)(H,22,24);(H,6,7). The fourth-order valence-corrected chi connectivity index (χ4v) is 2.96. The summed E-state index contributed by atoms with van der Waals surface area (Å²) in [6.07, 6.45) is -4.08. The molecule has 1 saturated heterocycles. The maximum Gasteiger partial charge on any atom is 0.490 e. The van der Waals surface area contributed by atoms with Gasteiger partial charge in [-0.25, -0.2) is 9.78 Å². The van der Waals surface area contributed by atoms with Crippen LogP contribution in [-0.2, 0) is 14.3 Å². The fourth-order valence-electron chi connectivity index (χ4n) is 2.96. The Hall–Kier alpha value is -3.85. The third kappa shape index (κ3) is 5.74. The zero-order valence-corrected chi connectivity index (χ0v) is 17.9. The molecule has 3 heterocycles. The first-order valence-corrected chi connectivity index (χ1v) is 9.72. The van der Waals surface area contributed by atoms with Gasteiger partial charge in [-0.15, -0.1) is 0 Å². The molecule has 1 aromatic carbocycles. The lowest BCUT2D eigenvalue weighted by atomic mass is 10.2. The zero-order valence-electron chi connectivity index (χ0n) is 17.9. The van der Waals surface area contributed by atoms with Crippen molar-refractivity contribution in [1.29, 1.82) is 0 Å². The number of aromatic nitrogens is 4. The number of carbonyl (C=O) groups excluding carboxylic acids is 1. The molecule has 0 bridgehead atoms. The number of hydrogen-bond acceptors (Lipinski definition) is 8. The van der Waals surface area contributed by atoms with E-state index < -0.39 is 18.2 Å². The molecule has 1 amide bonds. The van der Waals surface area contributed by atoms with Crippen molar-refractivity contribution in [2.45, 2.75) is 12.3 Å². The molecule has 1 unspecified atom stereocenters. The number of benzene rings is 1. The fraction of sp³-hybridized carbons (Fsp3) is 0.368. The predicted octanol–water partition coefficient (Wildman–Crippen LogP) is 1.53. The average molecular weight is 486 g/mol. The monoisotopic (exact) mass is 486 g/mol. The van der Waals surface area contributed by atoms with E-state index in [0.717, 1.165) is 12.1 Å². The van der Waals surface area contributed by atoms with Crippen LogP contribution < -0.4 is 20.1 Å². The first-order chi connectivity index (χ1) is 16.1. The van der Waals surface area contributed by atoms with Gasteiger partial charge in [0.25, 0.3) is 5.91 Å². The summed E-state index contributed by atoms with van der Waals surface area (Å²) in [5.74, 6) is -1.27. The van der Waals surface area contributed by atoms with Crippen LogP contribution in [0.5, 0.6) is 11.5 Å². The number of nitrogens with one attached hydrogen (secondary N) is 4. The molecule has 0 saturated carbocycles. The number of carbonyl (C=O) groups is 2. The minimum atomic E-state index is -5.08. The molecular weight excluding hydrogens is 465 g/mol. The molecule has 184 valence electrons. The van der Waals surface area contributed by atoms with E-state index in [9.17, 15) is 18.0 Å². The number of carboxylic acid groups (broad SMARTS) is 1. The number of aromatic amines is 2. The summed E-state index contributed by atoms with van der Waals surface area (Å²) in [5, 5.41) is 20.0. The number of ether oxygens (including phenoxy) is 3. The number of fused-ring (bicyclic) bond motifs is 1. The van der Waals surface area contributed by atoms with E-state index in [1.807, 2.05) is 0 Å². The van der Waals surface area contributed by atoms with Crippen LogP contribution in [0.25, 0.3) is 22.6 Å². The second kappa shape index (κ2) is 10.4. The number of aliphatic carboxylic acids is 1. The number of morpholine rings is 1. The van der Waals surface area contributed by atoms with E-state index >= 15 is 0 Å². The van der Waals surface area contributed by atoms with Gasteiger partial charge in [-0.1, -0.05) is 0 Å². The number of amides is 1. The Balaban J connectivity index is 0.000000406. The number of carboxylic acids is 1. The number of anilines is 1. The topological polar surface area (TPSA) is 163 Å². The van der Waals surface area contributed by atoms with Gasteiger partial charge >= 0.3 is 12.1 Å². The minimum Gasteiger partial charge on any atom is -0.493 e. The van der Waals surface area contributed by atoms with Crippen molar-refractivity contribution in [3.63, 3.8) is 0 Å². The SMILES string of the molecule is COc1cc2nc(-c3[nH]ncc3NC(=O)C3CNCCO3)[nH]c2cc1OC.O=C(O)C(F)(F)F. The highest BCUT2D eigenvalue weighted by molar-refractivity contribution is 5.97. The number of imidazole rings is 1. The smallest absolute Gasteiger partial charge is 0.490 e. The number of alkyl halides is 3. The van der Waals surface area contributed by atoms with Crippen molar-refractivity contribution in [1.82, 2.24) is 25.5 Å². The van der Waals surface area contributed by atoms with Crippen molar-refractivity contribution in [2.75, 3.05) is 39.2 Å². The molecule has 0 aliphatic carbocycles. The van der Waals surface area contributed by atoms with Gasteiger partial charge in [0.1, 0.15) is 11.8 Å². The summed E-state index contributed by atoms with van der Waals surface area (Å²) in [6.45, 7) is 1.72. The number of methoxy groups -OCH3 is 2. The number of hydrogen-bond donors (Lipinski definition) is 5. The van der Waals surface area contributed by atoms with Crippen molar-refractivity contribution in [3.05, 3.63) is 18.3 Å². The Bertz CT molecular complexity index is 1110. The molecule has 5 N–H and O–H groups in total. The minimum absolute atomic E-state index is 0.232. The zero-order chi connectivity index (χ0) is 24.9. The highest BCUT2D eigenvalue weighted by atomic mass is 19.4. The van der Waals surface area contributed by atoms with Crippen LogP contribution in [0.1, 0.15) is 0 Å². The Morgan fingerprint density at radius 2 is 1.91 bits per heavy atom. The van der Waals surface area contributed by atoms with Crippen LogP contribution in [0.3, 0.4) is 0 Å². The van der Waals surface area contributed by atoms with Gasteiger partial charge in [0.15, 0.2) is 17.3 Å². The second-order valence-corrected chi connectivity index (χ2v) is 6.82. The summed E-state index contributed by atoms with van der Waals surface area (Å²) >= 11 is 0. The first-order valence-electron chi connectivity index (χ1n) is 9.72. The third-order valence-corrected chi connectivity index (χ3v) is 4.58. The Morgan fingerprint density at radius 3 is 2.50 bits per heavy atom. The maximum atomic E-state index is 12.4. The van der Waals surface area contributed by atoms with Gasteiger partial charge in [-0.3, -0.25) is 9.89 Å². The molecule has 3 aromatic rings. The van der Waals surface area contributed by atoms with E-state index in [0.29, 0.717) is 47.4 Å². The van der Waals surface area contributed by atoms with Gasteiger partial charge in [0, 0.05) is 25.2 Å². The highest BCUT2D eigenvalue weighted by Gasteiger charge is 2.38. The van der Waals surface area contributed by atoms with Crippen LogP contribution in [0.15, 0.2) is 18.3 Å². The highest BCUT2D eigenvalue weighted by Crippen LogP contribution is 2.33. The van der Waals surface area contributed by atoms with Gasteiger partial charge in [-0.05, 0) is 0 Å². The maximum absolute atomic E-state index is 12.4. The van der Waals surface area contributed by atoms with Gasteiger partial charge in [0.05, 0.1) is 43.7 Å². The molecule has 1 atom stereocenters. The van der Waals surface area contributed by atoms with Gasteiger partial charge in [0.2, 0.25) is 0 Å². The van der Waals surface area contributed by atoms with E-state index in [4.69, 9.17) is 24.1 Å². The molecule has 1 aliphatic rings. The lowest BCUT2D eigenvalue weighted by molar-refractivity contribution is -0.192. The Labute approximate surface area is 189 Å². The van der Waals surface area contributed by atoms with Crippen molar-refractivity contribution >= 4 is 28.6 Å². The summed E-state index contributed by atoms with van der Waals surface area (Å²) in [5.41, 5.74) is 2.57. The van der Waals surface area contributed by atoms with Crippen molar-refractivity contribution < 1.29 is 42.1 Å². The quantitative estimate of drug-likeness (QED) is 0.360. The van der Waals surface area contributed by atoms with Crippen LogP contribution >= 0.6 is 0 Å². The Morgan fingerprint density at radius 1 is 1.24 bits per heavy atom. The van der Waals surface area contributed by atoms with Crippen LogP contribution in [0.4, 0.5) is 18.9 Å². The summed E-state index contributed by atoms with van der Waals surface area (Å²) in [6, 6.07) is 3.59. The van der Waals surface area contributed by atoms with Gasteiger partial charge in [-0.2, -0.15) is 18.3 Å². The average Bonchev–Trinajstić information content (AvgIpc) is 3.44. The van der Waals surface area contributed by atoms with Crippen LogP contribution in [0, 0.1) is 0 Å². The van der Waals surface area contributed by atoms with Crippen LogP contribution in [0.2, 0.25) is 0 Å². The normalized spacial score (nSPS) is 15.9. The van der Waals surface area contributed by atoms with E-state index in [-0.39, 0.29) is 5.91 Å². The molecule has 0 radical (unpaired) electrons. The molecule has 1 fully saturated rings. The molecule has 4 rings (SSSR count). The molecule has 15 heteroatoms. The van der Waals surface area contributed by atoms with Crippen molar-refractivity contribution in [3.8, 4) is 23.0 Å². The number of rotatable bonds is 5. The molecular formula is C19H21F3N6O6. The van der Waals surface area contributed by atoms with Gasteiger partial charge < -0.3 is 34.9 Å². The first kappa shape index (κ1) is 24.8. The molecule has 1 aliphatic heterocycles. The molecule has 34 heavy (non-hydrogen) atoms. The summed E-state index contributed by atoms with van der Waals surface area (Å²) < 4.78 is 47.8. The number of H-pyrrole nitrogens is 2. The third-order valence-electron chi connectivity index (χ3n) is 4.58. The van der Waals surface area contributed by atoms with Crippen LogP contribution in [-0.4, -0.2) is 83.3 Å². The molecule has 0 spiro atoms. The lowest BCUT2D eigenvalue weighted by Crippen LogP contribution is -2.45. The summed E-state index contributed by atoms with van der Waals surface area (Å²) in [7, 11) is 3.15. The van der Waals surface area contributed by atoms with E-state index in [2.05, 4.69) is 30.8 Å². The second-order valence-electron chi connectivity index (χ2n) is 6.82. The largest absolute Gasteiger partial charge is 0.493 e. The number of halogens is 3.